The van der Waals surface area contributed by atoms with Gasteiger partial charge in [-0.2, -0.15) is 0 Å². The Kier molecular flexibility index (Phi) is 8.21. The number of halogens is 1. The van der Waals surface area contributed by atoms with E-state index in [2.05, 4.69) is 45.0 Å². The highest BCUT2D eigenvalue weighted by atomic mass is 35.5. The fraction of sp³-hybridized carbons (Fsp3) is 0.357. The van der Waals surface area contributed by atoms with Crippen molar-refractivity contribution < 1.29 is 29.2 Å². The number of ether oxygens (including phenoxy) is 2. The lowest BCUT2D eigenvalue weighted by molar-refractivity contribution is -0.276. The summed E-state index contributed by atoms with van der Waals surface area (Å²) in [6.07, 6.45) is -6.40. The summed E-state index contributed by atoms with van der Waals surface area (Å²) >= 11 is 5.95. The molecular formula is C28H33ClO6Si. The van der Waals surface area contributed by atoms with Gasteiger partial charge in [-0.1, -0.05) is 93.0 Å². The van der Waals surface area contributed by atoms with Crippen LogP contribution in [0.4, 0.5) is 0 Å². The van der Waals surface area contributed by atoms with Crippen LogP contribution in [-0.4, -0.2) is 60.9 Å². The van der Waals surface area contributed by atoms with Gasteiger partial charge in [0.05, 0.1) is 6.61 Å². The number of hydrogen-bond donors (Lipinski definition) is 3. The van der Waals surface area contributed by atoms with Crippen LogP contribution in [0.15, 0.2) is 84.9 Å². The summed E-state index contributed by atoms with van der Waals surface area (Å²) in [5.74, 6) is 0.415. The summed E-state index contributed by atoms with van der Waals surface area (Å²) in [5, 5.41) is 34.4. The Hall–Kier alpha value is -2.23. The van der Waals surface area contributed by atoms with Crippen molar-refractivity contribution in [3.05, 3.63) is 90.0 Å². The molecule has 3 N–H and O–H groups in total. The Labute approximate surface area is 218 Å². The van der Waals surface area contributed by atoms with E-state index in [4.69, 9.17) is 25.5 Å². The van der Waals surface area contributed by atoms with Gasteiger partial charge in [-0.25, -0.2) is 0 Å². The fourth-order valence-electron chi connectivity index (χ4n) is 4.77. The van der Waals surface area contributed by atoms with Crippen molar-refractivity contribution in [2.24, 2.45) is 0 Å². The largest absolute Gasteiger partial charge is 0.462 e. The minimum Gasteiger partial charge on any atom is -0.462 e. The number of aliphatic hydroxyl groups excluding tert-OH is 3. The predicted molar refractivity (Wildman–Crippen MR) is 142 cm³/mol. The molecule has 1 heterocycles. The van der Waals surface area contributed by atoms with Crippen LogP contribution >= 0.6 is 11.6 Å². The second-order valence-corrected chi connectivity index (χ2v) is 14.8. The van der Waals surface area contributed by atoms with E-state index in [9.17, 15) is 15.3 Å². The second-order valence-electron chi connectivity index (χ2n) is 10.1. The molecule has 0 aliphatic carbocycles. The van der Waals surface area contributed by atoms with Crippen molar-refractivity contribution in [3.8, 4) is 5.75 Å². The van der Waals surface area contributed by atoms with Crippen LogP contribution in [-0.2, 0) is 9.16 Å². The Morgan fingerprint density at radius 2 is 1.31 bits per heavy atom. The molecule has 3 aromatic carbocycles. The highest BCUT2D eigenvalue weighted by Crippen LogP contribution is 2.37. The minimum atomic E-state index is -2.90. The van der Waals surface area contributed by atoms with E-state index < -0.39 is 39.0 Å². The summed E-state index contributed by atoms with van der Waals surface area (Å²) < 4.78 is 18.6. The normalized spacial score (nSPS) is 24.9. The van der Waals surface area contributed by atoms with Gasteiger partial charge < -0.3 is 29.2 Å². The van der Waals surface area contributed by atoms with E-state index in [1.54, 1.807) is 24.3 Å². The van der Waals surface area contributed by atoms with Crippen LogP contribution < -0.4 is 15.1 Å². The standard InChI is InChI=1S/C28H33ClO6Si/c1-28(2,3)36(21-10-6-4-7-11-21,22-12-8-5-9-13-22)33-18-23-24(30)25(31)26(32)27(35-23)34-20-16-14-19(29)15-17-20/h4-17,23-27,30-32H,18H2,1-3H3/t23-,24+,25+,26-,27+/m1/s1. The van der Waals surface area contributed by atoms with Crippen molar-refractivity contribution in [2.45, 2.75) is 56.5 Å². The second kappa shape index (κ2) is 11.0. The maximum absolute atomic E-state index is 10.8. The monoisotopic (exact) mass is 528 g/mol. The van der Waals surface area contributed by atoms with Gasteiger partial charge >= 0.3 is 0 Å². The third-order valence-corrected chi connectivity index (χ3v) is 11.9. The minimum absolute atomic E-state index is 0.00128. The molecule has 0 spiro atoms. The lowest BCUT2D eigenvalue weighted by atomic mass is 9.99. The molecule has 8 heteroatoms. The summed E-state index contributed by atoms with van der Waals surface area (Å²) in [7, 11) is -2.90. The van der Waals surface area contributed by atoms with Crippen molar-refractivity contribution >= 4 is 30.3 Å². The summed E-state index contributed by atoms with van der Waals surface area (Å²) in [6.45, 7) is 6.46. The molecule has 1 saturated heterocycles. The maximum atomic E-state index is 10.8. The summed E-state index contributed by atoms with van der Waals surface area (Å²) in [5.41, 5.74) is 0. The van der Waals surface area contributed by atoms with Gasteiger partial charge in [0.25, 0.3) is 8.32 Å². The Morgan fingerprint density at radius 1 is 0.778 bits per heavy atom. The molecule has 1 fully saturated rings. The van der Waals surface area contributed by atoms with Gasteiger partial charge in [0.2, 0.25) is 6.29 Å². The molecule has 1 aliphatic heterocycles. The molecule has 36 heavy (non-hydrogen) atoms. The lowest BCUT2D eigenvalue weighted by Gasteiger charge is -2.45. The average Bonchev–Trinajstić information content (AvgIpc) is 2.87. The van der Waals surface area contributed by atoms with Crippen LogP contribution in [0, 0.1) is 0 Å². The zero-order valence-corrected chi connectivity index (χ0v) is 22.4. The van der Waals surface area contributed by atoms with Crippen molar-refractivity contribution in [1.29, 1.82) is 0 Å². The maximum Gasteiger partial charge on any atom is 0.261 e. The highest BCUT2D eigenvalue weighted by molar-refractivity contribution is 6.99. The first-order valence-corrected chi connectivity index (χ1v) is 14.3. The molecule has 192 valence electrons. The average molecular weight is 529 g/mol. The molecule has 6 nitrogen and oxygen atoms in total. The molecule has 0 unspecified atom stereocenters. The van der Waals surface area contributed by atoms with Crippen LogP contribution in [0.1, 0.15) is 20.8 Å². The van der Waals surface area contributed by atoms with Crippen molar-refractivity contribution in [2.75, 3.05) is 6.61 Å². The summed E-state index contributed by atoms with van der Waals surface area (Å²) in [6, 6.07) is 26.8. The quantitative estimate of drug-likeness (QED) is 0.408. The zero-order valence-electron chi connectivity index (χ0n) is 20.6. The van der Waals surface area contributed by atoms with E-state index >= 15 is 0 Å². The molecule has 5 atom stereocenters. The van der Waals surface area contributed by atoms with Gasteiger partial charge in [0, 0.05) is 5.02 Å². The molecule has 0 amide bonds. The molecular weight excluding hydrogens is 496 g/mol. The molecule has 0 bridgehead atoms. The first-order chi connectivity index (χ1) is 17.1. The Bertz CT molecular complexity index is 1070. The number of rotatable bonds is 7. The van der Waals surface area contributed by atoms with Gasteiger partial charge in [-0.05, 0) is 39.7 Å². The summed E-state index contributed by atoms with van der Waals surface area (Å²) in [4.78, 5) is 0. The van der Waals surface area contributed by atoms with E-state index in [1.165, 1.54) is 0 Å². The number of hydrogen-bond acceptors (Lipinski definition) is 6. The first-order valence-electron chi connectivity index (χ1n) is 12.0. The fourth-order valence-corrected chi connectivity index (χ4v) is 9.46. The molecule has 3 aromatic rings. The molecule has 0 saturated carbocycles. The Morgan fingerprint density at radius 3 is 1.81 bits per heavy atom. The van der Waals surface area contributed by atoms with Gasteiger partial charge in [-0.15, -0.1) is 0 Å². The van der Waals surface area contributed by atoms with E-state index in [-0.39, 0.29) is 11.6 Å². The van der Waals surface area contributed by atoms with E-state index in [1.807, 2.05) is 36.4 Å². The van der Waals surface area contributed by atoms with E-state index in [0.717, 1.165) is 10.4 Å². The molecule has 0 radical (unpaired) electrons. The number of aliphatic hydroxyl groups is 3. The molecule has 1 aliphatic rings. The lowest BCUT2D eigenvalue weighted by Crippen LogP contribution is -2.68. The van der Waals surface area contributed by atoms with Crippen LogP contribution in [0.3, 0.4) is 0 Å². The molecule has 4 rings (SSSR count). The van der Waals surface area contributed by atoms with E-state index in [0.29, 0.717) is 10.8 Å². The van der Waals surface area contributed by atoms with Crippen LogP contribution in [0.5, 0.6) is 5.75 Å². The Balaban J connectivity index is 1.64. The topological polar surface area (TPSA) is 88.4 Å². The SMILES string of the molecule is CC(C)(C)[Si](OC[C@H]1O[C@H](Oc2ccc(Cl)cc2)[C@H](O)[C@@H](O)[C@H]1O)(c1ccccc1)c1ccccc1. The molecule has 0 aromatic heterocycles. The highest BCUT2D eigenvalue weighted by Gasteiger charge is 2.52. The third kappa shape index (κ3) is 5.38. The van der Waals surface area contributed by atoms with Crippen molar-refractivity contribution in [1.82, 2.24) is 0 Å². The van der Waals surface area contributed by atoms with Gasteiger partial charge in [-0.3, -0.25) is 0 Å². The third-order valence-electron chi connectivity index (χ3n) is 6.62. The zero-order chi connectivity index (χ0) is 25.9. The van der Waals surface area contributed by atoms with Crippen LogP contribution in [0.25, 0.3) is 0 Å². The first kappa shape index (κ1) is 26.8. The number of benzene rings is 3. The van der Waals surface area contributed by atoms with Gasteiger partial charge in [0.1, 0.15) is 30.2 Å². The van der Waals surface area contributed by atoms with Gasteiger partial charge in [0.15, 0.2) is 0 Å². The smallest absolute Gasteiger partial charge is 0.261 e. The van der Waals surface area contributed by atoms with Crippen molar-refractivity contribution in [3.63, 3.8) is 0 Å². The van der Waals surface area contributed by atoms with Crippen LogP contribution in [0.2, 0.25) is 10.1 Å². The predicted octanol–water partition coefficient (Wildman–Crippen LogP) is 3.10.